The summed E-state index contributed by atoms with van der Waals surface area (Å²) in [6, 6.07) is 10.6. The van der Waals surface area contributed by atoms with Gasteiger partial charge in [0.2, 0.25) is 6.10 Å². The van der Waals surface area contributed by atoms with Crippen molar-refractivity contribution in [3.8, 4) is 17.3 Å². The number of imidazole rings is 1. The maximum Gasteiger partial charge on any atom is 0.269 e. The first kappa shape index (κ1) is 16.7. The standard InChI is InChI=1S/C17H12Cl2N4O3/c18-15-16(19)23(9-21-15)14-6-5-10(7-20-14)22-17(24)13-8-25-11-3-1-2-4-12(11)26-13/h1-7,9,13H,8H2,(H,22,24)/t13-/m0/s1. The van der Waals surface area contributed by atoms with E-state index in [4.69, 9.17) is 32.7 Å². The van der Waals surface area contributed by atoms with Crippen LogP contribution in [0.2, 0.25) is 10.3 Å². The Labute approximate surface area is 158 Å². The minimum atomic E-state index is -0.744. The number of rotatable bonds is 3. The molecule has 0 saturated heterocycles. The van der Waals surface area contributed by atoms with Crippen LogP contribution in [0.1, 0.15) is 0 Å². The number of nitrogens with zero attached hydrogens (tertiary/aromatic N) is 3. The van der Waals surface area contributed by atoms with Gasteiger partial charge in [-0.05, 0) is 24.3 Å². The Bertz CT molecular complexity index is 959. The zero-order valence-electron chi connectivity index (χ0n) is 13.2. The van der Waals surface area contributed by atoms with Crippen LogP contribution in [0.3, 0.4) is 0 Å². The molecule has 1 aliphatic rings. The highest BCUT2D eigenvalue weighted by molar-refractivity contribution is 6.40. The molecular weight excluding hydrogens is 379 g/mol. The molecule has 1 amide bonds. The predicted octanol–water partition coefficient (Wildman–Crippen LogP) is 3.35. The molecule has 0 fully saturated rings. The van der Waals surface area contributed by atoms with E-state index in [9.17, 15) is 4.79 Å². The number of hydrogen-bond acceptors (Lipinski definition) is 5. The summed E-state index contributed by atoms with van der Waals surface area (Å²) in [5.74, 6) is 1.37. The van der Waals surface area contributed by atoms with Gasteiger partial charge in [0.25, 0.3) is 5.91 Å². The quantitative estimate of drug-likeness (QED) is 0.741. The summed E-state index contributed by atoms with van der Waals surface area (Å²) >= 11 is 11.9. The molecule has 3 aromatic rings. The van der Waals surface area contributed by atoms with Crippen molar-refractivity contribution in [2.75, 3.05) is 11.9 Å². The SMILES string of the molecule is O=C(Nc1ccc(-n2cnc(Cl)c2Cl)nc1)[C@@H]1COc2ccccc2O1. The lowest BCUT2D eigenvalue weighted by atomic mass is 10.2. The number of carbonyl (C=O) groups is 1. The predicted molar refractivity (Wildman–Crippen MR) is 96.4 cm³/mol. The van der Waals surface area contributed by atoms with Crippen molar-refractivity contribution in [3.63, 3.8) is 0 Å². The lowest BCUT2D eigenvalue weighted by Gasteiger charge is -2.25. The second kappa shape index (κ2) is 6.86. The zero-order chi connectivity index (χ0) is 18.1. The highest BCUT2D eigenvalue weighted by Gasteiger charge is 2.27. The lowest BCUT2D eigenvalue weighted by Crippen LogP contribution is -2.40. The summed E-state index contributed by atoms with van der Waals surface area (Å²) in [6.45, 7) is 0.136. The van der Waals surface area contributed by atoms with Crippen LogP contribution in [0.25, 0.3) is 5.82 Å². The van der Waals surface area contributed by atoms with E-state index < -0.39 is 6.10 Å². The van der Waals surface area contributed by atoms with Crippen molar-refractivity contribution in [2.45, 2.75) is 6.10 Å². The summed E-state index contributed by atoms with van der Waals surface area (Å²) in [7, 11) is 0. The van der Waals surface area contributed by atoms with Gasteiger partial charge in [0.1, 0.15) is 18.8 Å². The van der Waals surface area contributed by atoms with E-state index in [1.807, 2.05) is 12.1 Å². The molecule has 132 valence electrons. The number of hydrogen-bond donors (Lipinski definition) is 1. The van der Waals surface area contributed by atoms with Gasteiger partial charge in [-0.25, -0.2) is 9.97 Å². The third-order valence-electron chi connectivity index (χ3n) is 3.73. The second-order valence-electron chi connectivity index (χ2n) is 5.45. The maximum absolute atomic E-state index is 12.4. The minimum Gasteiger partial charge on any atom is -0.485 e. The molecule has 0 saturated carbocycles. The van der Waals surface area contributed by atoms with Gasteiger partial charge in [-0.15, -0.1) is 0 Å². The van der Waals surface area contributed by atoms with Crippen molar-refractivity contribution >= 4 is 34.8 Å². The molecule has 4 rings (SSSR count). The molecule has 26 heavy (non-hydrogen) atoms. The Kier molecular flexibility index (Phi) is 4.40. The molecule has 0 unspecified atom stereocenters. The highest BCUT2D eigenvalue weighted by atomic mass is 35.5. The monoisotopic (exact) mass is 390 g/mol. The molecule has 0 bridgehead atoms. The van der Waals surface area contributed by atoms with Crippen molar-refractivity contribution in [1.29, 1.82) is 0 Å². The fourth-order valence-corrected chi connectivity index (χ4v) is 2.76. The van der Waals surface area contributed by atoms with Crippen molar-refractivity contribution in [1.82, 2.24) is 14.5 Å². The Balaban J connectivity index is 1.44. The van der Waals surface area contributed by atoms with Crippen LogP contribution in [0.5, 0.6) is 11.5 Å². The van der Waals surface area contributed by atoms with Gasteiger partial charge in [-0.2, -0.15) is 0 Å². The van der Waals surface area contributed by atoms with Gasteiger partial charge in [-0.1, -0.05) is 35.3 Å². The normalized spacial score (nSPS) is 15.5. The Hall–Kier alpha value is -2.77. The van der Waals surface area contributed by atoms with E-state index in [-0.39, 0.29) is 22.8 Å². The number of anilines is 1. The number of para-hydroxylation sites is 2. The number of ether oxygens (including phenoxy) is 2. The minimum absolute atomic E-state index is 0.136. The molecule has 7 nitrogen and oxygen atoms in total. The number of benzene rings is 1. The van der Waals surface area contributed by atoms with E-state index >= 15 is 0 Å². The summed E-state index contributed by atoms with van der Waals surface area (Å²) in [5.41, 5.74) is 0.517. The number of carbonyl (C=O) groups excluding carboxylic acids is 1. The fourth-order valence-electron chi connectivity index (χ4n) is 2.45. The van der Waals surface area contributed by atoms with Crippen LogP contribution in [-0.2, 0) is 4.79 Å². The average Bonchev–Trinajstić information content (AvgIpc) is 3.01. The number of halogens is 2. The van der Waals surface area contributed by atoms with Crippen molar-refractivity contribution < 1.29 is 14.3 Å². The molecule has 0 radical (unpaired) electrons. The molecule has 1 aromatic carbocycles. The van der Waals surface area contributed by atoms with Gasteiger partial charge in [0, 0.05) is 0 Å². The molecule has 0 aliphatic carbocycles. The fraction of sp³-hybridized carbons (Fsp3) is 0.118. The first-order chi connectivity index (χ1) is 12.6. The third kappa shape index (κ3) is 3.18. The maximum atomic E-state index is 12.4. The summed E-state index contributed by atoms with van der Waals surface area (Å²) in [6.07, 6.45) is 2.23. The van der Waals surface area contributed by atoms with E-state index in [2.05, 4.69) is 15.3 Å². The Morgan fingerprint density at radius 3 is 2.65 bits per heavy atom. The highest BCUT2D eigenvalue weighted by Crippen LogP contribution is 2.31. The van der Waals surface area contributed by atoms with Gasteiger partial charge in [0.15, 0.2) is 21.8 Å². The first-order valence-corrected chi connectivity index (χ1v) is 8.41. The molecule has 9 heteroatoms. The molecule has 1 atom stereocenters. The number of amides is 1. The van der Waals surface area contributed by atoms with Crippen molar-refractivity contribution in [3.05, 3.63) is 59.2 Å². The molecule has 1 N–H and O–H groups in total. The van der Waals surface area contributed by atoms with Crippen LogP contribution in [0.4, 0.5) is 5.69 Å². The largest absolute Gasteiger partial charge is 0.485 e. The van der Waals surface area contributed by atoms with Gasteiger partial charge in [-0.3, -0.25) is 9.36 Å². The number of nitrogens with one attached hydrogen (secondary N) is 1. The van der Waals surface area contributed by atoms with Crippen LogP contribution in [-0.4, -0.2) is 33.2 Å². The Morgan fingerprint density at radius 2 is 1.96 bits per heavy atom. The molecule has 1 aliphatic heterocycles. The number of aromatic nitrogens is 3. The topological polar surface area (TPSA) is 78.3 Å². The lowest BCUT2D eigenvalue weighted by molar-refractivity contribution is -0.125. The van der Waals surface area contributed by atoms with E-state index in [1.165, 1.54) is 17.1 Å². The smallest absolute Gasteiger partial charge is 0.269 e. The van der Waals surface area contributed by atoms with Crippen LogP contribution in [0.15, 0.2) is 48.9 Å². The van der Waals surface area contributed by atoms with Crippen molar-refractivity contribution in [2.24, 2.45) is 0 Å². The number of fused-ring (bicyclic) bond motifs is 1. The molecule has 2 aromatic heterocycles. The van der Waals surface area contributed by atoms with Gasteiger partial charge in [0.05, 0.1) is 11.9 Å². The van der Waals surface area contributed by atoms with Crippen LogP contribution < -0.4 is 14.8 Å². The van der Waals surface area contributed by atoms with E-state index in [0.29, 0.717) is 23.0 Å². The number of pyridine rings is 1. The van der Waals surface area contributed by atoms with Gasteiger partial charge < -0.3 is 14.8 Å². The third-order valence-corrected chi connectivity index (χ3v) is 4.47. The van der Waals surface area contributed by atoms with Gasteiger partial charge >= 0.3 is 0 Å². The summed E-state index contributed by atoms with van der Waals surface area (Å²) in [5, 5.41) is 3.21. The second-order valence-corrected chi connectivity index (χ2v) is 6.17. The summed E-state index contributed by atoms with van der Waals surface area (Å²) in [4.78, 5) is 20.5. The van der Waals surface area contributed by atoms with E-state index in [0.717, 1.165) is 0 Å². The Morgan fingerprint density at radius 1 is 1.15 bits per heavy atom. The van der Waals surface area contributed by atoms with Crippen LogP contribution >= 0.6 is 23.2 Å². The van der Waals surface area contributed by atoms with E-state index in [1.54, 1.807) is 24.3 Å². The van der Waals surface area contributed by atoms with Crippen LogP contribution in [0, 0.1) is 0 Å². The summed E-state index contributed by atoms with van der Waals surface area (Å²) < 4.78 is 12.8. The average molecular weight is 391 g/mol. The molecular formula is C17H12Cl2N4O3. The first-order valence-electron chi connectivity index (χ1n) is 7.66. The molecule has 0 spiro atoms. The zero-order valence-corrected chi connectivity index (χ0v) is 14.7. The molecule has 3 heterocycles.